The molecule has 0 aliphatic carbocycles. The van der Waals surface area contributed by atoms with Gasteiger partial charge in [0, 0.05) is 6.42 Å². The zero-order valence-corrected chi connectivity index (χ0v) is 9.13. The van der Waals surface area contributed by atoms with E-state index >= 15 is 0 Å². The molecule has 16 heavy (non-hydrogen) atoms. The topological polar surface area (TPSA) is 44.8 Å². The maximum absolute atomic E-state index is 11.9. The second kappa shape index (κ2) is 4.18. The monoisotopic (exact) mass is 224 g/mol. The minimum Gasteiger partial charge on any atom is -0.435 e. The lowest BCUT2D eigenvalue weighted by atomic mass is 9.94. The normalized spacial score (nSPS) is 41.2. The molecule has 2 bridgehead atoms. The average molecular weight is 224 g/mol. The second-order valence-electron chi connectivity index (χ2n) is 4.60. The molecule has 3 aliphatic rings. The fourth-order valence-corrected chi connectivity index (χ4v) is 2.52. The summed E-state index contributed by atoms with van der Waals surface area (Å²) in [7, 11) is 0. The molecule has 0 aromatic heterocycles. The molecule has 4 nitrogen and oxygen atoms in total. The van der Waals surface area contributed by atoms with Crippen molar-refractivity contribution in [1.82, 2.24) is 0 Å². The molecule has 3 rings (SSSR count). The van der Waals surface area contributed by atoms with E-state index in [1.807, 2.05) is 12.2 Å². The second-order valence-corrected chi connectivity index (χ2v) is 4.60. The van der Waals surface area contributed by atoms with E-state index in [0.717, 1.165) is 25.7 Å². The molecule has 0 amide bonds. The first-order chi connectivity index (χ1) is 7.83. The van der Waals surface area contributed by atoms with Crippen LogP contribution < -0.4 is 0 Å². The van der Waals surface area contributed by atoms with Gasteiger partial charge in [-0.2, -0.15) is 0 Å². The third-order valence-electron chi connectivity index (χ3n) is 3.42. The molecule has 3 aliphatic heterocycles. The van der Waals surface area contributed by atoms with Crippen molar-refractivity contribution in [3.8, 4) is 0 Å². The highest BCUT2D eigenvalue weighted by molar-refractivity contribution is 5.74. The van der Waals surface area contributed by atoms with E-state index in [4.69, 9.17) is 14.2 Å². The molecule has 0 radical (unpaired) electrons. The molecule has 2 saturated heterocycles. The van der Waals surface area contributed by atoms with E-state index in [9.17, 15) is 4.79 Å². The van der Waals surface area contributed by atoms with Crippen molar-refractivity contribution in [2.24, 2.45) is 5.92 Å². The molecule has 88 valence electrons. The van der Waals surface area contributed by atoms with Crippen LogP contribution in [0.3, 0.4) is 0 Å². The van der Waals surface area contributed by atoms with E-state index < -0.39 is 0 Å². The zero-order chi connectivity index (χ0) is 11.0. The van der Waals surface area contributed by atoms with Gasteiger partial charge in [0.1, 0.15) is 0 Å². The van der Waals surface area contributed by atoms with Crippen LogP contribution in [0, 0.1) is 5.92 Å². The fraction of sp³-hybridized carbons (Fsp3) is 0.750. The number of hydrogen-bond donors (Lipinski definition) is 0. The minimum absolute atomic E-state index is 0.0684. The van der Waals surface area contributed by atoms with Crippen LogP contribution in [-0.4, -0.2) is 31.1 Å². The molecule has 0 spiro atoms. The highest BCUT2D eigenvalue weighted by Gasteiger charge is 2.42. The third kappa shape index (κ3) is 1.87. The lowest BCUT2D eigenvalue weighted by Gasteiger charge is -2.24. The average Bonchev–Trinajstić information content (AvgIpc) is 2.92. The molecular formula is C12H16O4. The van der Waals surface area contributed by atoms with Crippen LogP contribution in [0.1, 0.15) is 25.7 Å². The Kier molecular flexibility index (Phi) is 2.69. The van der Waals surface area contributed by atoms with Crippen molar-refractivity contribution < 1.29 is 19.0 Å². The Morgan fingerprint density at radius 2 is 2.25 bits per heavy atom. The quantitative estimate of drug-likeness (QED) is 0.525. The van der Waals surface area contributed by atoms with Crippen LogP contribution in [0.2, 0.25) is 0 Å². The summed E-state index contributed by atoms with van der Waals surface area (Å²) in [5, 5.41) is 0. The molecule has 0 aromatic rings. The maximum atomic E-state index is 11.9. The van der Waals surface area contributed by atoms with Gasteiger partial charge in [-0.05, 0) is 19.3 Å². The Morgan fingerprint density at radius 3 is 2.88 bits per heavy atom. The summed E-state index contributed by atoms with van der Waals surface area (Å²) in [6.07, 6.45) is 7.42. The van der Waals surface area contributed by atoms with Crippen molar-refractivity contribution >= 4 is 5.97 Å². The van der Waals surface area contributed by atoms with Gasteiger partial charge in [-0.25, -0.2) is 0 Å². The van der Waals surface area contributed by atoms with E-state index in [0.29, 0.717) is 6.61 Å². The molecular weight excluding hydrogens is 208 g/mol. The molecule has 4 atom stereocenters. The van der Waals surface area contributed by atoms with Gasteiger partial charge in [0.2, 0.25) is 6.29 Å². The number of ether oxygens (including phenoxy) is 3. The predicted octanol–water partition coefficient (Wildman–Crippen LogP) is 1.40. The number of carbonyl (C=O) groups is 1. The largest absolute Gasteiger partial charge is 0.435 e. The van der Waals surface area contributed by atoms with Crippen LogP contribution in [0.5, 0.6) is 0 Å². The van der Waals surface area contributed by atoms with Gasteiger partial charge in [-0.15, -0.1) is 0 Å². The molecule has 4 heteroatoms. The summed E-state index contributed by atoms with van der Waals surface area (Å²) in [6.45, 7) is 0.699. The summed E-state index contributed by atoms with van der Waals surface area (Å²) in [5.41, 5.74) is 0. The Hall–Kier alpha value is -0.870. The lowest BCUT2D eigenvalue weighted by Crippen LogP contribution is -2.32. The van der Waals surface area contributed by atoms with Gasteiger partial charge in [0.15, 0.2) is 0 Å². The van der Waals surface area contributed by atoms with Gasteiger partial charge in [-0.1, -0.05) is 12.2 Å². The van der Waals surface area contributed by atoms with Gasteiger partial charge in [0.05, 0.1) is 24.7 Å². The van der Waals surface area contributed by atoms with Crippen molar-refractivity contribution in [3.63, 3.8) is 0 Å². The van der Waals surface area contributed by atoms with Gasteiger partial charge in [0.25, 0.3) is 0 Å². The Balaban J connectivity index is 1.55. The highest BCUT2D eigenvalue weighted by atomic mass is 16.7. The van der Waals surface area contributed by atoms with Gasteiger partial charge < -0.3 is 14.2 Å². The molecule has 2 fully saturated rings. The highest BCUT2D eigenvalue weighted by Crippen LogP contribution is 2.34. The fourth-order valence-electron chi connectivity index (χ4n) is 2.52. The van der Waals surface area contributed by atoms with Crippen LogP contribution >= 0.6 is 0 Å². The van der Waals surface area contributed by atoms with Crippen LogP contribution in [0.15, 0.2) is 12.2 Å². The number of esters is 1. The zero-order valence-electron chi connectivity index (χ0n) is 9.13. The Labute approximate surface area is 94.5 Å². The van der Waals surface area contributed by atoms with Crippen LogP contribution in [0.25, 0.3) is 0 Å². The van der Waals surface area contributed by atoms with Crippen molar-refractivity contribution in [2.75, 3.05) is 6.61 Å². The van der Waals surface area contributed by atoms with Crippen molar-refractivity contribution in [2.45, 2.75) is 44.2 Å². The third-order valence-corrected chi connectivity index (χ3v) is 3.42. The van der Waals surface area contributed by atoms with E-state index in [1.54, 1.807) is 0 Å². The lowest BCUT2D eigenvalue weighted by molar-refractivity contribution is -0.191. The molecule has 0 aromatic carbocycles. The Bertz CT molecular complexity index is 306. The van der Waals surface area contributed by atoms with E-state index in [-0.39, 0.29) is 30.4 Å². The smallest absolute Gasteiger partial charge is 0.314 e. The summed E-state index contributed by atoms with van der Waals surface area (Å²) in [6, 6.07) is 0. The number of rotatable bonds is 2. The first-order valence-corrected chi connectivity index (χ1v) is 5.99. The first-order valence-electron chi connectivity index (χ1n) is 5.99. The summed E-state index contributed by atoms with van der Waals surface area (Å²) in [5.74, 6) is -0.288. The minimum atomic E-state index is -0.329. The Morgan fingerprint density at radius 1 is 1.31 bits per heavy atom. The molecule has 0 saturated carbocycles. The number of hydrogen-bond acceptors (Lipinski definition) is 4. The number of fused-ring (bicyclic) bond motifs is 2. The van der Waals surface area contributed by atoms with Crippen LogP contribution in [-0.2, 0) is 19.0 Å². The van der Waals surface area contributed by atoms with E-state index in [2.05, 4.69) is 0 Å². The standard InChI is InChI=1S/C12H16O4/c13-12(16-11-3-1-2-6-14-11)9-7-8-4-5-10(9)15-8/h4-5,8-11H,1-3,6-7H2. The SMILES string of the molecule is O=C(OC1CCCCO1)C1CC2C=CC1O2. The summed E-state index contributed by atoms with van der Waals surface area (Å²) in [4.78, 5) is 11.9. The summed E-state index contributed by atoms with van der Waals surface area (Å²) >= 11 is 0. The summed E-state index contributed by atoms with van der Waals surface area (Å²) < 4.78 is 16.3. The van der Waals surface area contributed by atoms with Crippen molar-refractivity contribution in [1.29, 1.82) is 0 Å². The van der Waals surface area contributed by atoms with Gasteiger partial charge in [-0.3, -0.25) is 4.79 Å². The van der Waals surface area contributed by atoms with Crippen LogP contribution in [0.4, 0.5) is 0 Å². The molecule has 0 N–H and O–H groups in total. The van der Waals surface area contributed by atoms with Crippen molar-refractivity contribution in [3.05, 3.63) is 12.2 Å². The number of carbonyl (C=O) groups excluding carboxylic acids is 1. The van der Waals surface area contributed by atoms with Gasteiger partial charge >= 0.3 is 5.97 Å². The first kappa shape index (κ1) is 10.3. The molecule has 3 heterocycles. The van der Waals surface area contributed by atoms with E-state index in [1.165, 1.54) is 0 Å². The maximum Gasteiger partial charge on any atom is 0.314 e. The predicted molar refractivity (Wildman–Crippen MR) is 55.6 cm³/mol. The molecule has 4 unspecified atom stereocenters.